The molecule has 0 atom stereocenters. The Balaban J connectivity index is 2.07. The van der Waals surface area contributed by atoms with Crippen LogP contribution in [0.5, 0.6) is 0 Å². The van der Waals surface area contributed by atoms with Crippen LogP contribution in [-0.2, 0) is 0 Å². The third kappa shape index (κ3) is 2.21. The van der Waals surface area contributed by atoms with E-state index in [1.54, 1.807) is 36.7 Å². The first-order valence-corrected chi connectivity index (χ1v) is 6.00. The summed E-state index contributed by atoms with van der Waals surface area (Å²) in [5.74, 6) is -0.311. The minimum absolute atomic E-state index is 0.311. The fourth-order valence-corrected chi connectivity index (χ4v) is 2.04. The molecule has 4 nitrogen and oxygen atoms in total. The summed E-state index contributed by atoms with van der Waals surface area (Å²) in [5.41, 5.74) is 1.57. The van der Waals surface area contributed by atoms with Crippen molar-refractivity contribution in [1.82, 2.24) is 4.98 Å². The highest BCUT2D eigenvalue weighted by Crippen LogP contribution is 2.35. The molecule has 0 spiro atoms. The zero-order valence-corrected chi connectivity index (χ0v) is 10.4. The molecule has 20 heavy (non-hydrogen) atoms. The van der Waals surface area contributed by atoms with Gasteiger partial charge in [0.05, 0.1) is 5.69 Å². The molecule has 0 unspecified atom stereocenters. The van der Waals surface area contributed by atoms with Gasteiger partial charge in [0.25, 0.3) is 0 Å². The zero-order valence-electron chi connectivity index (χ0n) is 10.4. The van der Waals surface area contributed by atoms with Crippen molar-refractivity contribution < 1.29 is 4.39 Å². The normalized spacial score (nSPS) is 10.4. The van der Waals surface area contributed by atoms with Gasteiger partial charge in [-0.3, -0.25) is 4.98 Å². The molecule has 0 radical (unpaired) electrons. The van der Waals surface area contributed by atoms with Crippen LogP contribution in [-0.4, -0.2) is 4.98 Å². The largest absolute Gasteiger partial charge is 0.354 e. The van der Waals surface area contributed by atoms with Crippen LogP contribution in [0.25, 0.3) is 10.8 Å². The first-order valence-electron chi connectivity index (χ1n) is 6.00. The molecule has 0 aliphatic carbocycles. The lowest BCUT2D eigenvalue weighted by atomic mass is 10.1. The molecule has 0 fully saturated rings. The lowest BCUT2D eigenvalue weighted by molar-refractivity contribution is 0.628. The van der Waals surface area contributed by atoms with Crippen LogP contribution in [0.4, 0.5) is 21.5 Å². The van der Waals surface area contributed by atoms with Crippen LogP contribution >= 0.6 is 0 Å². The number of anilines is 2. The highest BCUT2D eigenvalue weighted by atomic mass is 19.1. The van der Waals surface area contributed by atoms with Crippen molar-refractivity contribution >= 4 is 27.8 Å². The maximum Gasteiger partial charge on any atom is 0.139 e. The topological polar surface area (TPSA) is 54.4 Å². The van der Waals surface area contributed by atoms with E-state index in [1.165, 1.54) is 12.1 Å². The van der Waals surface area contributed by atoms with E-state index < -0.39 is 0 Å². The molecule has 0 aliphatic rings. The monoisotopic (exact) mass is 267 g/mol. The Labute approximate surface area is 114 Å². The fraction of sp³-hybridized carbons (Fsp3) is 0. The summed E-state index contributed by atoms with van der Waals surface area (Å²) in [5, 5.41) is 7.72. The van der Waals surface area contributed by atoms with Crippen LogP contribution < -0.4 is 5.32 Å². The number of pyridine rings is 1. The summed E-state index contributed by atoms with van der Waals surface area (Å²) in [4.78, 5) is 15.1. The van der Waals surface area contributed by atoms with E-state index in [0.29, 0.717) is 17.1 Å². The lowest BCUT2D eigenvalue weighted by Crippen LogP contribution is -1.91. The van der Waals surface area contributed by atoms with E-state index in [2.05, 4.69) is 15.5 Å². The summed E-state index contributed by atoms with van der Waals surface area (Å²) in [7, 11) is 0. The molecule has 3 rings (SSSR count). The molecule has 2 aromatic carbocycles. The molecule has 0 saturated heterocycles. The average molecular weight is 267 g/mol. The standard InChI is InChI=1S/C15H10FN3O/c16-11-2-4-12(5-3-11)18-14-6-1-10-9-17-8-7-13(10)15(14)19-20/h1-9,18H. The number of hydrogen-bond donors (Lipinski definition) is 1. The van der Waals surface area contributed by atoms with Gasteiger partial charge in [-0.2, -0.15) is 0 Å². The molecule has 0 bridgehead atoms. The molecule has 3 aromatic rings. The van der Waals surface area contributed by atoms with Crippen molar-refractivity contribution in [3.8, 4) is 0 Å². The van der Waals surface area contributed by atoms with Gasteiger partial charge < -0.3 is 5.32 Å². The number of benzene rings is 2. The van der Waals surface area contributed by atoms with Gasteiger partial charge in [-0.05, 0) is 41.6 Å². The van der Waals surface area contributed by atoms with Gasteiger partial charge in [0.15, 0.2) is 0 Å². The van der Waals surface area contributed by atoms with E-state index in [1.807, 2.05) is 6.07 Å². The Hall–Kier alpha value is -2.82. The number of aromatic nitrogens is 1. The number of rotatable bonds is 3. The number of nitrogens with zero attached hydrogens (tertiary/aromatic N) is 2. The second kappa shape index (κ2) is 5.05. The Morgan fingerprint density at radius 1 is 1.05 bits per heavy atom. The number of halogens is 1. The number of hydrogen-bond acceptors (Lipinski definition) is 4. The van der Waals surface area contributed by atoms with Crippen LogP contribution in [0.15, 0.2) is 60.0 Å². The van der Waals surface area contributed by atoms with Gasteiger partial charge in [0, 0.05) is 28.9 Å². The van der Waals surface area contributed by atoms with Crippen molar-refractivity contribution in [3.05, 3.63) is 65.6 Å². The second-order valence-corrected chi connectivity index (χ2v) is 4.28. The van der Waals surface area contributed by atoms with Crippen molar-refractivity contribution in [1.29, 1.82) is 0 Å². The van der Waals surface area contributed by atoms with Gasteiger partial charge in [0.2, 0.25) is 0 Å². The van der Waals surface area contributed by atoms with E-state index in [-0.39, 0.29) is 5.82 Å². The van der Waals surface area contributed by atoms with Gasteiger partial charge >= 0.3 is 0 Å². The van der Waals surface area contributed by atoms with Crippen molar-refractivity contribution in [3.63, 3.8) is 0 Å². The molecular weight excluding hydrogens is 257 g/mol. The van der Waals surface area contributed by atoms with Crippen molar-refractivity contribution in [2.24, 2.45) is 5.18 Å². The van der Waals surface area contributed by atoms with Gasteiger partial charge in [-0.1, -0.05) is 6.07 Å². The molecule has 0 aliphatic heterocycles. The molecule has 1 heterocycles. The number of nitroso groups, excluding NO2 is 1. The van der Waals surface area contributed by atoms with Gasteiger partial charge in [-0.25, -0.2) is 4.39 Å². The van der Waals surface area contributed by atoms with Gasteiger partial charge in [0.1, 0.15) is 11.5 Å². The van der Waals surface area contributed by atoms with E-state index in [0.717, 1.165) is 10.8 Å². The van der Waals surface area contributed by atoms with E-state index >= 15 is 0 Å². The number of fused-ring (bicyclic) bond motifs is 1. The predicted octanol–water partition coefficient (Wildman–Crippen LogP) is 4.52. The maximum absolute atomic E-state index is 12.9. The van der Waals surface area contributed by atoms with Crippen LogP contribution in [0, 0.1) is 10.7 Å². The third-order valence-electron chi connectivity index (χ3n) is 3.01. The maximum atomic E-state index is 12.9. The van der Waals surface area contributed by atoms with Crippen molar-refractivity contribution in [2.75, 3.05) is 5.32 Å². The Morgan fingerprint density at radius 2 is 1.85 bits per heavy atom. The highest BCUT2D eigenvalue weighted by molar-refractivity contribution is 5.98. The van der Waals surface area contributed by atoms with E-state index in [4.69, 9.17) is 0 Å². The molecule has 1 N–H and O–H groups in total. The third-order valence-corrected chi connectivity index (χ3v) is 3.01. The SMILES string of the molecule is O=Nc1c(Nc2ccc(F)cc2)ccc2cnccc12. The average Bonchev–Trinajstić information content (AvgIpc) is 2.49. The highest BCUT2D eigenvalue weighted by Gasteiger charge is 2.08. The molecule has 0 amide bonds. The molecule has 98 valence electrons. The molecule has 0 saturated carbocycles. The predicted molar refractivity (Wildman–Crippen MR) is 76.9 cm³/mol. The minimum atomic E-state index is -0.311. The molecular formula is C15H10FN3O. The Bertz CT molecular complexity index is 772. The summed E-state index contributed by atoms with van der Waals surface area (Å²) < 4.78 is 12.9. The van der Waals surface area contributed by atoms with E-state index in [9.17, 15) is 9.30 Å². The first-order chi connectivity index (χ1) is 9.78. The minimum Gasteiger partial charge on any atom is -0.354 e. The number of nitrogens with one attached hydrogen (secondary N) is 1. The Kier molecular flexibility index (Phi) is 3.09. The quantitative estimate of drug-likeness (QED) is 0.710. The van der Waals surface area contributed by atoms with Gasteiger partial charge in [-0.15, -0.1) is 4.91 Å². The zero-order chi connectivity index (χ0) is 13.9. The smallest absolute Gasteiger partial charge is 0.139 e. The summed E-state index contributed by atoms with van der Waals surface area (Å²) in [6, 6.07) is 11.2. The van der Waals surface area contributed by atoms with Crippen LogP contribution in [0.2, 0.25) is 0 Å². The van der Waals surface area contributed by atoms with Crippen LogP contribution in [0.3, 0.4) is 0 Å². The van der Waals surface area contributed by atoms with Crippen LogP contribution in [0.1, 0.15) is 0 Å². The fourth-order valence-electron chi connectivity index (χ4n) is 2.04. The second-order valence-electron chi connectivity index (χ2n) is 4.28. The molecule has 1 aromatic heterocycles. The summed E-state index contributed by atoms with van der Waals surface area (Å²) >= 11 is 0. The molecule has 5 heteroatoms. The Morgan fingerprint density at radius 3 is 2.60 bits per heavy atom. The lowest BCUT2D eigenvalue weighted by Gasteiger charge is -2.10. The first kappa shape index (κ1) is 12.2. The summed E-state index contributed by atoms with van der Waals surface area (Å²) in [6.45, 7) is 0. The summed E-state index contributed by atoms with van der Waals surface area (Å²) in [6.07, 6.45) is 3.28. The van der Waals surface area contributed by atoms with Crippen molar-refractivity contribution in [2.45, 2.75) is 0 Å².